The molecule has 0 saturated carbocycles. The lowest BCUT2D eigenvalue weighted by Crippen LogP contribution is -2.49. The Balaban J connectivity index is 1.63. The maximum Gasteiger partial charge on any atom is 0.409 e. The van der Waals surface area contributed by atoms with Crippen LogP contribution in [0.15, 0.2) is 42.5 Å². The summed E-state index contributed by atoms with van der Waals surface area (Å²) in [5, 5.41) is 1.38. The van der Waals surface area contributed by atoms with Crippen LogP contribution in [0.25, 0.3) is 22.3 Å². The molecule has 1 aliphatic heterocycles. The summed E-state index contributed by atoms with van der Waals surface area (Å²) < 4.78 is 19.8. The number of aromatic nitrogens is 2. The molecular formula is C23H24ClFN4O2. The second kappa shape index (κ2) is 9.06. The van der Waals surface area contributed by atoms with Crippen molar-refractivity contribution in [3.8, 4) is 11.4 Å². The van der Waals surface area contributed by atoms with E-state index in [9.17, 15) is 9.18 Å². The molecule has 162 valence electrons. The first-order valence-electron chi connectivity index (χ1n) is 10.3. The molecule has 1 amide bonds. The van der Waals surface area contributed by atoms with E-state index in [4.69, 9.17) is 21.3 Å². The normalized spacial score (nSPS) is 14.4. The molecule has 1 saturated heterocycles. The van der Waals surface area contributed by atoms with Crippen molar-refractivity contribution in [2.24, 2.45) is 5.92 Å². The Hall–Kier alpha value is -2.93. The van der Waals surface area contributed by atoms with E-state index >= 15 is 0 Å². The summed E-state index contributed by atoms with van der Waals surface area (Å²) in [5.74, 6) is 0.922. The molecule has 31 heavy (non-hydrogen) atoms. The van der Waals surface area contributed by atoms with Gasteiger partial charge in [-0.2, -0.15) is 0 Å². The molecular weight excluding hydrogens is 419 g/mol. The number of benzene rings is 2. The van der Waals surface area contributed by atoms with Gasteiger partial charge in [-0.1, -0.05) is 37.6 Å². The maximum atomic E-state index is 14.4. The van der Waals surface area contributed by atoms with Gasteiger partial charge in [0.15, 0.2) is 5.82 Å². The van der Waals surface area contributed by atoms with Crippen LogP contribution in [-0.2, 0) is 4.74 Å². The average Bonchev–Trinajstić information content (AvgIpc) is 2.77. The fourth-order valence-electron chi connectivity index (χ4n) is 3.52. The van der Waals surface area contributed by atoms with Crippen LogP contribution >= 0.6 is 11.6 Å². The first-order chi connectivity index (χ1) is 14.9. The number of anilines is 1. The number of hydrogen-bond donors (Lipinski definition) is 0. The Morgan fingerprint density at radius 2 is 1.87 bits per heavy atom. The first kappa shape index (κ1) is 21.3. The molecule has 0 bridgehead atoms. The number of rotatable bonds is 4. The number of amides is 1. The molecule has 3 aromatic rings. The largest absolute Gasteiger partial charge is 0.449 e. The number of fused-ring (bicyclic) bond motifs is 1. The van der Waals surface area contributed by atoms with Gasteiger partial charge in [-0.05, 0) is 36.2 Å². The molecule has 4 rings (SSSR count). The van der Waals surface area contributed by atoms with Crippen LogP contribution in [0.1, 0.15) is 13.8 Å². The highest BCUT2D eigenvalue weighted by Crippen LogP contribution is 2.31. The van der Waals surface area contributed by atoms with Gasteiger partial charge in [-0.25, -0.2) is 19.2 Å². The van der Waals surface area contributed by atoms with Crippen LogP contribution in [0.2, 0.25) is 5.02 Å². The lowest BCUT2D eigenvalue weighted by molar-refractivity contribution is 0.0901. The molecule has 6 nitrogen and oxygen atoms in total. The van der Waals surface area contributed by atoms with Crippen molar-refractivity contribution >= 4 is 34.4 Å². The van der Waals surface area contributed by atoms with Gasteiger partial charge < -0.3 is 14.5 Å². The minimum Gasteiger partial charge on any atom is -0.449 e. The number of ether oxygens (including phenoxy) is 1. The number of nitrogens with zero attached hydrogens (tertiary/aromatic N) is 4. The van der Waals surface area contributed by atoms with Crippen molar-refractivity contribution in [1.29, 1.82) is 0 Å². The molecule has 0 unspecified atom stereocenters. The van der Waals surface area contributed by atoms with Crippen molar-refractivity contribution in [3.63, 3.8) is 0 Å². The van der Waals surface area contributed by atoms with Gasteiger partial charge in [-0.15, -0.1) is 0 Å². The molecule has 0 atom stereocenters. The Morgan fingerprint density at radius 1 is 1.13 bits per heavy atom. The molecule has 2 aromatic carbocycles. The highest BCUT2D eigenvalue weighted by Gasteiger charge is 2.25. The van der Waals surface area contributed by atoms with Gasteiger partial charge in [-0.3, -0.25) is 0 Å². The Morgan fingerprint density at radius 3 is 2.58 bits per heavy atom. The summed E-state index contributed by atoms with van der Waals surface area (Å²) in [7, 11) is 0. The average molecular weight is 443 g/mol. The SMILES string of the molecule is CC(C)COC(=O)N1CCN(c2nc(-c3ccccc3F)nc3cc(Cl)ccc23)CC1. The van der Waals surface area contributed by atoms with Crippen molar-refractivity contribution in [3.05, 3.63) is 53.3 Å². The number of halogens is 2. The van der Waals surface area contributed by atoms with E-state index < -0.39 is 0 Å². The van der Waals surface area contributed by atoms with Crippen molar-refractivity contribution in [1.82, 2.24) is 14.9 Å². The number of piperazine rings is 1. The molecule has 0 N–H and O–H groups in total. The first-order valence-corrected chi connectivity index (χ1v) is 10.7. The lowest BCUT2D eigenvalue weighted by Gasteiger charge is -2.35. The summed E-state index contributed by atoms with van der Waals surface area (Å²) in [5.41, 5.74) is 0.982. The summed E-state index contributed by atoms with van der Waals surface area (Å²) >= 11 is 6.19. The van der Waals surface area contributed by atoms with Gasteiger partial charge >= 0.3 is 6.09 Å². The van der Waals surface area contributed by atoms with E-state index in [1.165, 1.54) is 6.07 Å². The van der Waals surface area contributed by atoms with Gasteiger partial charge in [0.1, 0.15) is 11.6 Å². The zero-order valence-electron chi connectivity index (χ0n) is 17.5. The minimum absolute atomic E-state index is 0.292. The zero-order chi connectivity index (χ0) is 22.0. The number of carbonyl (C=O) groups excluding carboxylic acids is 1. The molecule has 0 spiro atoms. The quantitative estimate of drug-likeness (QED) is 0.568. The molecule has 0 radical (unpaired) electrons. The Labute approximate surface area is 185 Å². The fraction of sp³-hybridized carbons (Fsp3) is 0.348. The highest BCUT2D eigenvalue weighted by molar-refractivity contribution is 6.31. The summed E-state index contributed by atoms with van der Waals surface area (Å²) in [4.78, 5) is 25.3. The third-order valence-corrected chi connectivity index (χ3v) is 5.37. The van der Waals surface area contributed by atoms with Crippen LogP contribution in [0, 0.1) is 11.7 Å². The predicted molar refractivity (Wildman–Crippen MR) is 120 cm³/mol. The second-order valence-corrected chi connectivity index (χ2v) is 8.39. The molecule has 2 heterocycles. The predicted octanol–water partition coefficient (Wildman–Crippen LogP) is 5.00. The fourth-order valence-corrected chi connectivity index (χ4v) is 3.69. The van der Waals surface area contributed by atoms with E-state index in [1.54, 1.807) is 35.2 Å². The summed E-state index contributed by atoms with van der Waals surface area (Å²) in [6.45, 7) is 6.62. The van der Waals surface area contributed by atoms with Crippen LogP contribution in [0.5, 0.6) is 0 Å². The summed E-state index contributed by atoms with van der Waals surface area (Å²) in [6, 6.07) is 11.9. The number of carbonyl (C=O) groups is 1. The Bertz CT molecular complexity index is 1100. The van der Waals surface area contributed by atoms with Crippen LogP contribution in [0.4, 0.5) is 15.0 Å². The molecule has 0 aliphatic carbocycles. The van der Waals surface area contributed by atoms with Gasteiger partial charge in [0.25, 0.3) is 0 Å². The van der Waals surface area contributed by atoms with Gasteiger partial charge in [0.2, 0.25) is 0 Å². The van der Waals surface area contributed by atoms with Crippen LogP contribution in [-0.4, -0.2) is 53.7 Å². The minimum atomic E-state index is -0.382. The third-order valence-electron chi connectivity index (χ3n) is 5.13. The van der Waals surface area contributed by atoms with E-state index in [0.717, 1.165) is 5.39 Å². The summed E-state index contributed by atoms with van der Waals surface area (Å²) in [6.07, 6.45) is -0.292. The van der Waals surface area contributed by atoms with Crippen LogP contribution < -0.4 is 4.90 Å². The Kier molecular flexibility index (Phi) is 6.23. The van der Waals surface area contributed by atoms with Crippen LogP contribution in [0.3, 0.4) is 0 Å². The standard InChI is InChI=1S/C23H24ClFN4O2/c1-15(2)14-31-23(30)29-11-9-28(10-12-29)22-18-8-7-16(24)13-20(18)26-21(27-22)17-5-3-4-6-19(17)25/h3-8,13,15H,9-12,14H2,1-2H3. The van der Waals surface area contributed by atoms with Crippen molar-refractivity contribution in [2.75, 3.05) is 37.7 Å². The van der Waals surface area contributed by atoms with E-state index in [2.05, 4.69) is 9.88 Å². The zero-order valence-corrected chi connectivity index (χ0v) is 18.3. The van der Waals surface area contributed by atoms with E-state index in [-0.39, 0.29) is 11.9 Å². The third kappa shape index (κ3) is 4.71. The molecule has 8 heteroatoms. The monoisotopic (exact) mass is 442 g/mol. The lowest BCUT2D eigenvalue weighted by atomic mass is 10.1. The van der Waals surface area contributed by atoms with E-state index in [1.807, 2.05) is 19.9 Å². The molecule has 1 aromatic heterocycles. The topological polar surface area (TPSA) is 58.6 Å². The maximum absolute atomic E-state index is 14.4. The molecule has 1 fully saturated rings. The van der Waals surface area contributed by atoms with Crippen molar-refractivity contribution in [2.45, 2.75) is 13.8 Å². The van der Waals surface area contributed by atoms with Gasteiger partial charge in [0.05, 0.1) is 17.7 Å². The van der Waals surface area contributed by atoms with E-state index in [0.29, 0.717) is 66.4 Å². The van der Waals surface area contributed by atoms with Crippen molar-refractivity contribution < 1.29 is 13.9 Å². The molecule has 1 aliphatic rings. The van der Waals surface area contributed by atoms with Gasteiger partial charge in [0, 0.05) is 36.6 Å². The smallest absolute Gasteiger partial charge is 0.409 e. The second-order valence-electron chi connectivity index (χ2n) is 7.96. The number of hydrogen-bond acceptors (Lipinski definition) is 5. The highest BCUT2D eigenvalue weighted by atomic mass is 35.5.